The number of amidine groups is 1. The van der Waals surface area contributed by atoms with Gasteiger partial charge in [0.15, 0.2) is 5.03 Å². The van der Waals surface area contributed by atoms with Gasteiger partial charge in [-0.3, -0.25) is 0 Å². The average molecular weight is 319 g/mol. The number of ether oxygens (including phenoxy) is 1. The molecule has 0 unspecified atom stereocenters. The van der Waals surface area contributed by atoms with E-state index in [-0.39, 0.29) is 17.5 Å². The van der Waals surface area contributed by atoms with E-state index in [2.05, 4.69) is 16.2 Å². The van der Waals surface area contributed by atoms with Gasteiger partial charge in [0.05, 0.1) is 5.56 Å². The van der Waals surface area contributed by atoms with Gasteiger partial charge in [-0.25, -0.2) is 20.4 Å². The highest BCUT2D eigenvalue weighted by Gasteiger charge is 2.32. The van der Waals surface area contributed by atoms with Crippen molar-refractivity contribution in [2.24, 2.45) is 5.10 Å². The van der Waals surface area contributed by atoms with Crippen LogP contribution in [0.15, 0.2) is 29.4 Å². The summed E-state index contributed by atoms with van der Waals surface area (Å²) in [7, 11) is 0. The van der Waals surface area contributed by atoms with E-state index < -0.39 is 11.0 Å². The van der Waals surface area contributed by atoms with Crippen LogP contribution in [0.2, 0.25) is 0 Å². The molecule has 122 valence electrons. The maximum Gasteiger partial charge on any atom is 0.339 e. The fourth-order valence-corrected chi connectivity index (χ4v) is 2.77. The van der Waals surface area contributed by atoms with Crippen LogP contribution in [0.4, 0.5) is 0 Å². The molecule has 1 saturated carbocycles. The molecule has 9 heteroatoms. The standard InChI is InChI=1S/C14H17N5O4/c20-14(23-10-6-2-1-3-7-10)12-9-5-4-8-11(12)13-15-16-17-18(13)19(21)22/h4-5,8-10,16-17H,1-3,6-7H2. The van der Waals surface area contributed by atoms with Crippen molar-refractivity contribution in [1.82, 2.24) is 16.2 Å². The lowest BCUT2D eigenvalue weighted by Crippen LogP contribution is -2.45. The number of nitrogens with zero attached hydrogens (tertiary/aromatic N) is 3. The third-order valence-corrected chi connectivity index (χ3v) is 3.90. The lowest BCUT2D eigenvalue weighted by molar-refractivity contribution is -0.642. The molecule has 3 rings (SSSR count). The van der Waals surface area contributed by atoms with Crippen molar-refractivity contribution in [1.29, 1.82) is 0 Å². The average Bonchev–Trinajstić information content (AvgIpc) is 3.05. The van der Waals surface area contributed by atoms with Gasteiger partial charge in [-0.05, 0) is 31.7 Å². The molecule has 0 spiro atoms. The molecule has 1 aliphatic heterocycles. The summed E-state index contributed by atoms with van der Waals surface area (Å²) in [6.07, 6.45) is 4.90. The summed E-state index contributed by atoms with van der Waals surface area (Å²) < 4.78 is 5.55. The minimum atomic E-state index is -0.665. The van der Waals surface area contributed by atoms with Gasteiger partial charge in [0.2, 0.25) is 5.84 Å². The quantitative estimate of drug-likeness (QED) is 0.490. The number of carbonyl (C=O) groups is 1. The lowest BCUT2D eigenvalue weighted by atomic mass is 9.97. The summed E-state index contributed by atoms with van der Waals surface area (Å²) in [6, 6.07) is 6.56. The molecule has 0 aromatic heterocycles. The van der Waals surface area contributed by atoms with Gasteiger partial charge in [-0.2, -0.15) is 0 Å². The second-order valence-corrected chi connectivity index (χ2v) is 5.42. The van der Waals surface area contributed by atoms with Gasteiger partial charge in [-0.1, -0.05) is 30.2 Å². The molecule has 23 heavy (non-hydrogen) atoms. The Labute approximate surface area is 132 Å². The number of hydrogen-bond donors (Lipinski definition) is 2. The number of nitro groups is 1. The summed E-state index contributed by atoms with van der Waals surface area (Å²) in [5.41, 5.74) is 5.19. The van der Waals surface area contributed by atoms with Crippen LogP contribution in [0, 0.1) is 10.1 Å². The van der Waals surface area contributed by atoms with Crippen molar-refractivity contribution in [2.75, 3.05) is 0 Å². The van der Waals surface area contributed by atoms with Crippen LogP contribution in [-0.4, -0.2) is 28.1 Å². The first-order valence-corrected chi connectivity index (χ1v) is 7.50. The summed E-state index contributed by atoms with van der Waals surface area (Å²) in [5, 5.41) is 14.8. The molecule has 1 aromatic carbocycles. The molecule has 9 nitrogen and oxygen atoms in total. The first-order chi connectivity index (χ1) is 11.2. The van der Waals surface area contributed by atoms with E-state index in [4.69, 9.17) is 4.74 Å². The van der Waals surface area contributed by atoms with Gasteiger partial charge < -0.3 is 4.74 Å². The molecule has 0 amide bonds. The predicted octanol–water partition coefficient (Wildman–Crippen LogP) is 1.35. The Hall–Kier alpha value is -2.68. The minimum absolute atomic E-state index is 0.00574. The van der Waals surface area contributed by atoms with Crippen molar-refractivity contribution < 1.29 is 14.6 Å². The summed E-state index contributed by atoms with van der Waals surface area (Å²) in [4.78, 5) is 23.5. The van der Waals surface area contributed by atoms with E-state index >= 15 is 0 Å². The summed E-state index contributed by atoms with van der Waals surface area (Å²) in [6.45, 7) is 0. The van der Waals surface area contributed by atoms with E-state index in [0.29, 0.717) is 10.7 Å². The number of nitrogens with one attached hydrogen (secondary N) is 2. The molecule has 0 saturated heterocycles. The molecule has 0 radical (unpaired) electrons. The highest BCUT2D eigenvalue weighted by Crippen LogP contribution is 2.22. The van der Waals surface area contributed by atoms with Gasteiger partial charge in [0.1, 0.15) is 6.10 Å². The highest BCUT2D eigenvalue weighted by atomic mass is 16.7. The number of carbonyl (C=O) groups excluding carboxylic acids is 1. The van der Waals surface area contributed by atoms with Gasteiger partial charge in [0, 0.05) is 10.7 Å². The monoisotopic (exact) mass is 319 g/mol. The zero-order valence-corrected chi connectivity index (χ0v) is 12.4. The zero-order valence-electron chi connectivity index (χ0n) is 12.4. The maximum atomic E-state index is 12.5. The van der Waals surface area contributed by atoms with E-state index in [1.54, 1.807) is 24.3 Å². The van der Waals surface area contributed by atoms with Gasteiger partial charge >= 0.3 is 5.97 Å². The zero-order chi connectivity index (χ0) is 16.2. The van der Waals surface area contributed by atoms with Crippen molar-refractivity contribution in [3.05, 3.63) is 45.5 Å². The Kier molecular flexibility index (Phi) is 4.38. The fraction of sp³-hybridized carbons (Fsp3) is 0.429. The smallest absolute Gasteiger partial charge is 0.339 e. The Morgan fingerprint density at radius 3 is 2.78 bits per heavy atom. The Bertz CT molecular complexity index is 642. The van der Waals surface area contributed by atoms with E-state index in [9.17, 15) is 14.9 Å². The van der Waals surface area contributed by atoms with E-state index in [1.165, 1.54) is 0 Å². The predicted molar refractivity (Wildman–Crippen MR) is 80.4 cm³/mol. The van der Waals surface area contributed by atoms with Crippen molar-refractivity contribution in [3.8, 4) is 0 Å². The lowest BCUT2D eigenvalue weighted by Gasteiger charge is -2.22. The van der Waals surface area contributed by atoms with Gasteiger partial charge in [0.25, 0.3) is 0 Å². The first kappa shape index (κ1) is 15.2. The first-order valence-electron chi connectivity index (χ1n) is 7.50. The van der Waals surface area contributed by atoms with Crippen molar-refractivity contribution in [2.45, 2.75) is 38.2 Å². The molecule has 1 heterocycles. The molecule has 1 aromatic rings. The topological polar surface area (TPSA) is 109 Å². The number of hydrogen-bond acceptors (Lipinski definition) is 7. The Morgan fingerprint density at radius 1 is 1.30 bits per heavy atom. The van der Waals surface area contributed by atoms with Crippen LogP contribution in [0.25, 0.3) is 0 Å². The fourth-order valence-electron chi connectivity index (χ4n) is 2.77. The van der Waals surface area contributed by atoms with Crippen LogP contribution >= 0.6 is 0 Å². The van der Waals surface area contributed by atoms with Crippen LogP contribution in [0.5, 0.6) is 0 Å². The SMILES string of the molecule is O=C(OC1CCCCC1)c1ccccc1C1=NNNN1[N+](=O)[O-]. The number of rotatable bonds is 4. The number of benzene rings is 1. The number of hydrazine groups is 3. The second kappa shape index (κ2) is 6.61. The molecule has 1 aliphatic carbocycles. The van der Waals surface area contributed by atoms with Crippen molar-refractivity contribution in [3.63, 3.8) is 0 Å². The van der Waals surface area contributed by atoms with Gasteiger partial charge in [-0.15, -0.1) is 5.10 Å². The van der Waals surface area contributed by atoms with Crippen LogP contribution < -0.4 is 11.1 Å². The third kappa shape index (κ3) is 3.24. The number of esters is 1. The van der Waals surface area contributed by atoms with Crippen LogP contribution in [-0.2, 0) is 4.74 Å². The minimum Gasteiger partial charge on any atom is -0.459 e. The van der Waals surface area contributed by atoms with E-state index in [1.807, 2.05) is 0 Å². The summed E-state index contributed by atoms with van der Waals surface area (Å²) >= 11 is 0. The molecular weight excluding hydrogens is 302 g/mol. The molecular formula is C14H17N5O4. The Morgan fingerprint density at radius 2 is 2.04 bits per heavy atom. The number of hydrazone groups is 1. The van der Waals surface area contributed by atoms with Crippen molar-refractivity contribution >= 4 is 11.8 Å². The third-order valence-electron chi connectivity index (χ3n) is 3.90. The highest BCUT2D eigenvalue weighted by molar-refractivity contribution is 6.07. The Balaban J connectivity index is 1.83. The van der Waals surface area contributed by atoms with E-state index in [0.717, 1.165) is 32.1 Å². The molecule has 2 aliphatic rings. The molecule has 0 atom stereocenters. The largest absolute Gasteiger partial charge is 0.459 e. The maximum absolute atomic E-state index is 12.5. The molecule has 1 fully saturated rings. The van der Waals surface area contributed by atoms with Crippen LogP contribution in [0.1, 0.15) is 48.0 Å². The molecule has 2 N–H and O–H groups in total. The van der Waals surface area contributed by atoms with Crippen LogP contribution in [0.3, 0.4) is 0 Å². The molecule has 0 bridgehead atoms. The summed E-state index contributed by atoms with van der Waals surface area (Å²) in [5.74, 6) is -0.475. The second-order valence-electron chi connectivity index (χ2n) is 5.42. The normalized spacial score (nSPS) is 18.3.